The van der Waals surface area contributed by atoms with Crippen LogP contribution in [0.15, 0.2) is 54.7 Å². The summed E-state index contributed by atoms with van der Waals surface area (Å²) in [7, 11) is 0. The molecule has 0 aliphatic rings. The normalized spacial score (nSPS) is 10.4. The number of aryl methyl sites for hydroxylation is 2. The highest BCUT2D eigenvalue weighted by Crippen LogP contribution is 2.18. The molecule has 1 amide bonds. The second-order valence-corrected chi connectivity index (χ2v) is 6.39. The Morgan fingerprint density at radius 3 is 2.69 bits per heavy atom. The molecule has 0 radical (unpaired) electrons. The molecule has 0 fully saturated rings. The van der Waals surface area contributed by atoms with Crippen molar-refractivity contribution in [3.8, 4) is 0 Å². The zero-order valence-corrected chi connectivity index (χ0v) is 15.3. The number of carbonyl (C=O) groups excluding carboxylic acids is 1. The molecule has 2 N–H and O–H groups in total. The molecule has 3 aromatic rings. The van der Waals surface area contributed by atoms with Crippen LogP contribution >= 0.6 is 11.6 Å². The average molecular weight is 367 g/mol. The SMILES string of the molecule is Cc1ccc(NC(=O)c2ccnc(NCc3ccccc3Cl)n2)c(C)c1. The van der Waals surface area contributed by atoms with Crippen molar-refractivity contribution in [1.29, 1.82) is 0 Å². The summed E-state index contributed by atoms with van der Waals surface area (Å²) in [5.74, 6) is 0.0957. The van der Waals surface area contributed by atoms with Crippen LogP contribution < -0.4 is 10.6 Å². The van der Waals surface area contributed by atoms with Crippen molar-refractivity contribution in [1.82, 2.24) is 9.97 Å². The maximum Gasteiger partial charge on any atom is 0.274 e. The third-order valence-corrected chi connectivity index (χ3v) is 4.28. The minimum atomic E-state index is -0.278. The molecule has 0 aliphatic carbocycles. The molecule has 0 saturated heterocycles. The Morgan fingerprint density at radius 2 is 1.92 bits per heavy atom. The van der Waals surface area contributed by atoms with Crippen LogP contribution in [-0.2, 0) is 6.54 Å². The average Bonchev–Trinajstić information content (AvgIpc) is 2.63. The van der Waals surface area contributed by atoms with Crippen molar-refractivity contribution in [2.45, 2.75) is 20.4 Å². The van der Waals surface area contributed by atoms with Gasteiger partial charge in [0.1, 0.15) is 5.69 Å². The smallest absolute Gasteiger partial charge is 0.274 e. The van der Waals surface area contributed by atoms with Crippen molar-refractivity contribution < 1.29 is 4.79 Å². The molecule has 1 heterocycles. The lowest BCUT2D eigenvalue weighted by atomic mass is 10.1. The van der Waals surface area contributed by atoms with Crippen LogP contribution in [-0.4, -0.2) is 15.9 Å². The molecule has 0 bridgehead atoms. The maximum atomic E-state index is 12.5. The van der Waals surface area contributed by atoms with Crippen molar-refractivity contribution >= 4 is 29.1 Å². The summed E-state index contributed by atoms with van der Waals surface area (Å²) < 4.78 is 0. The van der Waals surface area contributed by atoms with Crippen LogP contribution in [0.1, 0.15) is 27.2 Å². The summed E-state index contributed by atoms with van der Waals surface area (Å²) in [5.41, 5.74) is 4.15. The second kappa shape index (κ2) is 7.97. The molecule has 1 aromatic heterocycles. The van der Waals surface area contributed by atoms with E-state index < -0.39 is 0 Å². The van der Waals surface area contributed by atoms with Crippen molar-refractivity contribution in [3.05, 3.63) is 82.1 Å². The summed E-state index contributed by atoms with van der Waals surface area (Å²) >= 11 is 6.14. The Morgan fingerprint density at radius 1 is 1.12 bits per heavy atom. The summed E-state index contributed by atoms with van der Waals surface area (Å²) in [6.07, 6.45) is 1.55. The van der Waals surface area contributed by atoms with Gasteiger partial charge in [-0.1, -0.05) is 47.5 Å². The van der Waals surface area contributed by atoms with Gasteiger partial charge in [0.15, 0.2) is 0 Å². The highest BCUT2D eigenvalue weighted by Gasteiger charge is 2.11. The van der Waals surface area contributed by atoms with Gasteiger partial charge in [-0.3, -0.25) is 4.79 Å². The first-order valence-corrected chi connectivity index (χ1v) is 8.59. The largest absolute Gasteiger partial charge is 0.350 e. The molecule has 132 valence electrons. The van der Waals surface area contributed by atoms with Crippen molar-refractivity contribution in [2.24, 2.45) is 0 Å². The summed E-state index contributed by atoms with van der Waals surface area (Å²) in [4.78, 5) is 20.9. The molecule has 26 heavy (non-hydrogen) atoms. The number of hydrogen-bond acceptors (Lipinski definition) is 4. The quantitative estimate of drug-likeness (QED) is 0.691. The molecule has 0 unspecified atom stereocenters. The van der Waals surface area contributed by atoms with E-state index in [1.807, 2.05) is 56.3 Å². The van der Waals surface area contributed by atoms with Gasteiger partial charge in [0, 0.05) is 23.5 Å². The highest BCUT2D eigenvalue weighted by molar-refractivity contribution is 6.31. The van der Waals surface area contributed by atoms with Crippen molar-refractivity contribution in [3.63, 3.8) is 0 Å². The van der Waals surface area contributed by atoms with E-state index in [1.165, 1.54) is 0 Å². The molecule has 5 nitrogen and oxygen atoms in total. The van der Waals surface area contributed by atoms with E-state index in [9.17, 15) is 4.79 Å². The number of aromatic nitrogens is 2. The lowest BCUT2D eigenvalue weighted by Crippen LogP contribution is -2.16. The Kier molecular flexibility index (Phi) is 5.49. The number of amides is 1. The minimum absolute atomic E-state index is 0.278. The Labute approximate surface area is 157 Å². The fourth-order valence-electron chi connectivity index (χ4n) is 2.53. The number of nitrogens with zero attached hydrogens (tertiary/aromatic N) is 2. The lowest BCUT2D eigenvalue weighted by molar-refractivity contribution is 0.102. The predicted molar refractivity (Wildman–Crippen MR) is 105 cm³/mol. The molecule has 3 rings (SSSR count). The van der Waals surface area contributed by atoms with E-state index in [2.05, 4.69) is 20.6 Å². The first kappa shape index (κ1) is 17.9. The first-order valence-electron chi connectivity index (χ1n) is 8.22. The summed E-state index contributed by atoms with van der Waals surface area (Å²) in [5, 5.41) is 6.65. The van der Waals surface area contributed by atoms with Crippen LogP contribution in [0.3, 0.4) is 0 Å². The van der Waals surface area contributed by atoms with Gasteiger partial charge in [-0.2, -0.15) is 0 Å². The van der Waals surface area contributed by atoms with E-state index in [4.69, 9.17) is 11.6 Å². The number of hydrogen-bond donors (Lipinski definition) is 2. The van der Waals surface area contributed by atoms with Crippen LogP contribution in [0.2, 0.25) is 5.02 Å². The van der Waals surface area contributed by atoms with Gasteiger partial charge >= 0.3 is 0 Å². The Balaban J connectivity index is 1.70. The molecule has 6 heteroatoms. The second-order valence-electron chi connectivity index (χ2n) is 5.98. The van der Waals surface area contributed by atoms with Crippen molar-refractivity contribution in [2.75, 3.05) is 10.6 Å². The molecule has 0 spiro atoms. The van der Waals surface area contributed by atoms with E-state index in [1.54, 1.807) is 12.3 Å². The summed E-state index contributed by atoms with van der Waals surface area (Å²) in [6.45, 7) is 4.45. The standard InChI is InChI=1S/C20H19ClN4O/c1-13-7-8-17(14(2)11-13)24-19(26)18-9-10-22-20(25-18)23-12-15-5-3-4-6-16(15)21/h3-11H,12H2,1-2H3,(H,24,26)(H,22,23,25). The van der Waals surface area contributed by atoms with E-state index in [0.717, 1.165) is 22.4 Å². The molecular formula is C20H19ClN4O. The fourth-order valence-corrected chi connectivity index (χ4v) is 2.73. The van der Waals surface area contributed by atoms with Gasteiger partial charge in [0.05, 0.1) is 0 Å². The Hall–Kier alpha value is -2.92. The molecule has 2 aromatic carbocycles. The molecule has 0 saturated carbocycles. The monoisotopic (exact) mass is 366 g/mol. The number of rotatable bonds is 5. The zero-order chi connectivity index (χ0) is 18.5. The van der Waals surface area contributed by atoms with Gasteiger partial charge in [-0.05, 0) is 43.2 Å². The van der Waals surface area contributed by atoms with Crippen LogP contribution in [0.4, 0.5) is 11.6 Å². The maximum absolute atomic E-state index is 12.5. The van der Waals surface area contributed by atoms with E-state index in [-0.39, 0.29) is 5.91 Å². The van der Waals surface area contributed by atoms with Crippen LogP contribution in [0.5, 0.6) is 0 Å². The predicted octanol–water partition coefficient (Wildman–Crippen LogP) is 4.61. The number of anilines is 2. The van der Waals surface area contributed by atoms with Gasteiger partial charge in [-0.15, -0.1) is 0 Å². The van der Waals surface area contributed by atoms with Gasteiger partial charge < -0.3 is 10.6 Å². The van der Waals surface area contributed by atoms with E-state index in [0.29, 0.717) is 23.2 Å². The van der Waals surface area contributed by atoms with Crippen LogP contribution in [0, 0.1) is 13.8 Å². The fraction of sp³-hybridized carbons (Fsp3) is 0.150. The molecule has 0 atom stereocenters. The Bertz CT molecular complexity index is 943. The van der Waals surface area contributed by atoms with Crippen LogP contribution in [0.25, 0.3) is 0 Å². The number of halogens is 1. The van der Waals surface area contributed by atoms with Gasteiger partial charge in [0.25, 0.3) is 5.91 Å². The molecular weight excluding hydrogens is 348 g/mol. The number of benzene rings is 2. The first-order chi connectivity index (χ1) is 12.5. The minimum Gasteiger partial charge on any atom is -0.350 e. The summed E-state index contributed by atoms with van der Waals surface area (Å²) in [6, 6.07) is 15.0. The zero-order valence-electron chi connectivity index (χ0n) is 14.6. The van der Waals surface area contributed by atoms with Gasteiger partial charge in [-0.25, -0.2) is 9.97 Å². The number of carbonyl (C=O) groups is 1. The lowest BCUT2D eigenvalue weighted by Gasteiger charge is -2.10. The van der Waals surface area contributed by atoms with E-state index >= 15 is 0 Å². The number of nitrogens with one attached hydrogen (secondary N) is 2. The van der Waals surface area contributed by atoms with Gasteiger partial charge in [0.2, 0.25) is 5.95 Å². The molecule has 0 aliphatic heterocycles. The topological polar surface area (TPSA) is 66.9 Å². The third kappa shape index (κ3) is 4.37. The third-order valence-electron chi connectivity index (χ3n) is 3.91. The highest BCUT2D eigenvalue weighted by atomic mass is 35.5.